The average Bonchev–Trinajstić information content (AvgIpc) is 2.73. The Morgan fingerprint density at radius 2 is 2.00 bits per heavy atom. The lowest BCUT2D eigenvalue weighted by atomic mass is 9.96. The van der Waals surface area contributed by atoms with Crippen LogP contribution < -0.4 is 0 Å². The van der Waals surface area contributed by atoms with Gasteiger partial charge in [-0.05, 0) is 56.0 Å². The Bertz CT molecular complexity index is 469. The van der Waals surface area contributed by atoms with Crippen molar-refractivity contribution in [3.8, 4) is 11.8 Å². The number of rotatable bonds is 4. The molecule has 0 bridgehead atoms. The van der Waals surface area contributed by atoms with Gasteiger partial charge in [0.05, 0.1) is 0 Å². The molecule has 1 atom stereocenters. The van der Waals surface area contributed by atoms with Crippen LogP contribution in [0.2, 0.25) is 0 Å². The van der Waals surface area contributed by atoms with Crippen LogP contribution in [-0.2, 0) is 6.54 Å². The second-order valence-electron chi connectivity index (χ2n) is 6.02. The van der Waals surface area contributed by atoms with E-state index >= 15 is 0 Å². The first-order valence-corrected chi connectivity index (χ1v) is 8.23. The van der Waals surface area contributed by atoms with Crippen molar-refractivity contribution in [2.45, 2.75) is 45.6 Å². The number of hydrogen-bond acceptors (Lipinski definition) is 2. The molecule has 0 saturated carbocycles. The van der Waals surface area contributed by atoms with Crippen molar-refractivity contribution in [1.29, 1.82) is 0 Å². The highest BCUT2D eigenvalue weighted by Crippen LogP contribution is 2.22. The van der Waals surface area contributed by atoms with Crippen molar-refractivity contribution >= 4 is 0 Å². The Morgan fingerprint density at radius 1 is 1.19 bits per heavy atom. The van der Waals surface area contributed by atoms with Gasteiger partial charge in [0.1, 0.15) is 6.61 Å². The third-order valence-corrected chi connectivity index (χ3v) is 4.31. The molecule has 1 fully saturated rings. The Kier molecular flexibility index (Phi) is 6.79. The highest BCUT2D eigenvalue weighted by Gasteiger charge is 2.16. The first kappa shape index (κ1) is 16.1. The number of hydrogen-bond donors (Lipinski definition) is 1. The summed E-state index contributed by atoms with van der Waals surface area (Å²) in [5, 5.41) is 8.70. The first-order valence-electron chi connectivity index (χ1n) is 8.23. The van der Waals surface area contributed by atoms with Gasteiger partial charge in [0.2, 0.25) is 0 Å². The van der Waals surface area contributed by atoms with Gasteiger partial charge in [-0.15, -0.1) is 0 Å². The second-order valence-corrected chi connectivity index (χ2v) is 6.02. The maximum atomic E-state index is 8.70. The molecule has 0 aromatic heterocycles. The van der Waals surface area contributed by atoms with Crippen LogP contribution in [0.15, 0.2) is 24.3 Å². The van der Waals surface area contributed by atoms with Gasteiger partial charge in [-0.25, -0.2) is 0 Å². The van der Waals surface area contributed by atoms with E-state index in [0.717, 1.165) is 18.0 Å². The Morgan fingerprint density at radius 3 is 2.71 bits per heavy atom. The van der Waals surface area contributed by atoms with Crippen LogP contribution in [0.1, 0.15) is 50.2 Å². The summed E-state index contributed by atoms with van der Waals surface area (Å²) in [5.74, 6) is 6.57. The zero-order valence-corrected chi connectivity index (χ0v) is 13.1. The molecule has 2 nitrogen and oxygen atoms in total. The molecular weight excluding hydrogens is 258 g/mol. The highest BCUT2D eigenvalue weighted by molar-refractivity contribution is 5.36. The van der Waals surface area contributed by atoms with Gasteiger partial charge in [0.25, 0.3) is 0 Å². The summed E-state index contributed by atoms with van der Waals surface area (Å²) < 4.78 is 0. The van der Waals surface area contributed by atoms with Crippen LogP contribution in [0.5, 0.6) is 0 Å². The zero-order valence-electron chi connectivity index (χ0n) is 13.1. The molecule has 0 amide bonds. The van der Waals surface area contributed by atoms with Crippen molar-refractivity contribution in [2.24, 2.45) is 5.92 Å². The fourth-order valence-corrected chi connectivity index (χ4v) is 3.17. The lowest BCUT2D eigenvalue weighted by Gasteiger charge is -2.20. The molecule has 1 unspecified atom stereocenters. The van der Waals surface area contributed by atoms with Crippen LogP contribution in [0.25, 0.3) is 0 Å². The van der Waals surface area contributed by atoms with E-state index in [2.05, 4.69) is 47.9 Å². The minimum atomic E-state index is -0.0749. The number of benzene rings is 1. The van der Waals surface area contributed by atoms with E-state index in [4.69, 9.17) is 5.11 Å². The third kappa shape index (κ3) is 5.53. The summed E-state index contributed by atoms with van der Waals surface area (Å²) in [4.78, 5) is 2.59. The summed E-state index contributed by atoms with van der Waals surface area (Å²) in [6.07, 6.45) is 6.81. The Balaban J connectivity index is 1.86. The smallest absolute Gasteiger partial charge is 0.104 e. The summed E-state index contributed by atoms with van der Waals surface area (Å²) in [7, 11) is 0. The van der Waals surface area contributed by atoms with Gasteiger partial charge >= 0.3 is 0 Å². The minimum absolute atomic E-state index is 0.0749. The fourth-order valence-electron chi connectivity index (χ4n) is 3.17. The fraction of sp³-hybridized carbons (Fsp3) is 0.579. The average molecular weight is 285 g/mol. The van der Waals surface area contributed by atoms with E-state index in [-0.39, 0.29) is 6.61 Å². The van der Waals surface area contributed by atoms with Crippen molar-refractivity contribution in [3.05, 3.63) is 35.4 Å². The third-order valence-electron chi connectivity index (χ3n) is 4.31. The highest BCUT2D eigenvalue weighted by atomic mass is 16.2. The van der Waals surface area contributed by atoms with Crippen molar-refractivity contribution in [1.82, 2.24) is 4.90 Å². The molecule has 1 aliphatic rings. The lowest BCUT2D eigenvalue weighted by molar-refractivity contribution is 0.271. The predicted molar refractivity (Wildman–Crippen MR) is 87.9 cm³/mol. The molecule has 2 rings (SSSR count). The Labute approximate surface area is 129 Å². The molecule has 1 aromatic carbocycles. The van der Waals surface area contributed by atoms with E-state index in [1.165, 1.54) is 50.8 Å². The van der Waals surface area contributed by atoms with Crippen LogP contribution in [0, 0.1) is 17.8 Å². The number of nitrogens with zero attached hydrogens (tertiary/aromatic N) is 1. The van der Waals surface area contributed by atoms with Crippen molar-refractivity contribution < 1.29 is 5.11 Å². The normalized spacial score (nSPS) is 19.6. The van der Waals surface area contributed by atoms with E-state index in [1.54, 1.807) is 0 Å². The summed E-state index contributed by atoms with van der Waals surface area (Å²) in [5.41, 5.74) is 2.34. The second kappa shape index (κ2) is 8.87. The molecule has 114 valence electrons. The first-order chi connectivity index (χ1) is 10.3. The largest absolute Gasteiger partial charge is 0.384 e. The van der Waals surface area contributed by atoms with Gasteiger partial charge in [0, 0.05) is 12.1 Å². The molecule has 1 aliphatic heterocycles. The van der Waals surface area contributed by atoms with E-state index in [0.29, 0.717) is 0 Å². The minimum Gasteiger partial charge on any atom is -0.384 e. The van der Waals surface area contributed by atoms with Crippen LogP contribution in [-0.4, -0.2) is 29.7 Å². The van der Waals surface area contributed by atoms with Crippen LogP contribution >= 0.6 is 0 Å². The number of aliphatic hydroxyl groups is 1. The molecule has 2 heteroatoms. The monoisotopic (exact) mass is 285 g/mol. The van der Waals surface area contributed by atoms with Gasteiger partial charge in [-0.2, -0.15) is 0 Å². The van der Waals surface area contributed by atoms with Gasteiger partial charge in [0.15, 0.2) is 0 Å². The molecule has 1 heterocycles. The van der Waals surface area contributed by atoms with Gasteiger partial charge in [-0.3, -0.25) is 4.90 Å². The summed E-state index contributed by atoms with van der Waals surface area (Å²) in [6, 6.07) is 8.43. The van der Waals surface area contributed by atoms with E-state index in [9.17, 15) is 0 Å². The number of aliphatic hydroxyl groups excluding tert-OH is 1. The SMILES string of the molecule is CCCC1CCCN(Cc2ccc(C#CCO)cc2)CC1. The quantitative estimate of drug-likeness (QED) is 0.857. The van der Waals surface area contributed by atoms with Crippen molar-refractivity contribution in [2.75, 3.05) is 19.7 Å². The molecule has 0 aliphatic carbocycles. The molecule has 21 heavy (non-hydrogen) atoms. The van der Waals surface area contributed by atoms with Crippen molar-refractivity contribution in [3.63, 3.8) is 0 Å². The maximum absolute atomic E-state index is 8.70. The standard InChI is InChI=1S/C19H27NO/c1-2-5-17-6-3-13-20(14-12-17)16-19-10-8-18(9-11-19)7-4-15-21/h8-11,17,21H,2-3,5-6,12-16H2,1H3. The summed E-state index contributed by atoms with van der Waals surface area (Å²) >= 11 is 0. The molecule has 1 saturated heterocycles. The van der Waals surface area contributed by atoms with Crippen LogP contribution in [0.4, 0.5) is 0 Å². The number of likely N-dealkylation sites (tertiary alicyclic amines) is 1. The predicted octanol–water partition coefficient (Wildman–Crippen LogP) is 3.43. The van der Waals surface area contributed by atoms with E-state index < -0.39 is 0 Å². The molecule has 1 N–H and O–H groups in total. The topological polar surface area (TPSA) is 23.5 Å². The molecule has 0 radical (unpaired) electrons. The maximum Gasteiger partial charge on any atom is 0.104 e. The van der Waals surface area contributed by atoms with E-state index in [1.807, 2.05) is 0 Å². The summed E-state index contributed by atoms with van der Waals surface area (Å²) in [6.45, 7) is 5.73. The van der Waals surface area contributed by atoms with Gasteiger partial charge < -0.3 is 5.11 Å². The van der Waals surface area contributed by atoms with Crippen LogP contribution in [0.3, 0.4) is 0 Å². The molecule has 0 spiro atoms. The molecular formula is C19H27NO. The Hall–Kier alpha value is -1.30. The zero-order chi connectivity index (χ0) is 14.9. The molecule has 1 aromatic rings. The van der Waals surface area contributed by atoms with Gasteiger partial charge in [-0.1, -0.05) is 43.7 Å². The lowest BCUT2D eigenvalue weighted by Crippen LogP contribution is -2.24.